The van der Waals surface area contributed by atoms with Crippen molar-refractivity contribution < 1.29 is 4.74 Å². The molecule has 1 aliphatic rings. The van der Waals surface area contributed by atoms with Gasteiger partial charge in [-0.1, -0.05) is 42.1 Å². The van der Waals surface area contributed by atoms with Gasteiger partial charge in [0.05, 0.1) is 6.10 Å². The van der Waals surface area contributed by atoms with Crippen LogP contribution < -0.4 is 0 Å². The van der Waals surface area contributed by atoms with Gasteiger partial charge in [0, 0.05) is 11.4 Å². The summed E-state index contributed by atoms with van der Waals surface area (Å²) >= 11 is 3.72. The Kier molecular flexibility index (Phi) is 6.88. The van der Waals surface area contributed by atoms with Crippen molar-refractivity contribution in [3.63, 3.8) is 0 Å². The van der Waals surface area contributed by atoms with Crippen LogP contribution in [0.15, 0.2) is 0 Å². The third-order valence-corrected chi connectivity index (χ3v) is 3.84. The highest BCUT2D eigenvalue weighted by molar-refractivity contribution is 9.09. The van der Waals surface area contributed by atoms with Gasteiger partial charge in [-0.05, 0) is 32.1 Å². The second kappa shape index (κ2) is 7.70. The number of hydrogen-bond donors (Lipinski definition) is 0. The Morgan fingerprint density at radius 2 is 2.21 bits per heavy atom. The third kappa shape index (κ3) is 5.35. The van der Waals surface area contributed by atoms with Crippen molar-refractivity contribution in [3.05, 3.63) is 0 Å². The van der Waals surface area contributed by atoms with Crippen molar-refractivity contribution in [2.75, 3.05) is 6.61 Å². The van der Waals surface area contributed by atoms with Crippen molar-refractivity contribution in [2.45, 2.75) is 69.2 Å². The van der Waals surface area contributed by atoms with Crippen LogP contribution in [0.5, 0.6) is 0 Å². The molecule has 0 aromatic heterocycles. The molecule has 14 heavy (non-hydrogen) atoms. The monoisotopic (exact) mass is 262 g/mol. The van der Waals surface area contributed by atoms with E-state index >= 15 is 0 Å². The number of halogens is 1. The lowest BCUT2D eigenvalue weighted by Crippen LogP contribution is -2.05. The molecule has 2 heteroatoms. The van der Waals surface area contributed by atoms with Gasteiger partial charge in [0.25, 0.3) is 0 Å². The Hall–Kier alpha value is 0.440. The molecule has 0 N–H and O–H groups in total. The summed E-state index contributed by atoms with van der Waals surface area (Å²) in [7, 11) is 0. The number of hydrogen-bond acceptors (Lipinski definition) is 1. The van der Waals surface area contributed by atoms with Gasteiger partial charge in [0.1, 0.15) is 0 Å². The molecule has 1 rings (SSSR count). The van der Waals surface area contributed by atoms with Crippen LogP contribution in [-0.4, -0.2) is 17.5 Å². The highest BCUT2D eigenvalue weighted by Gasteiger charge is 2.14. The molecule has 0 bridgehead atoms. The molecular weight excluding hydrogens is 240 g/mol. The summed E-state index contributed by atoms with van der Waals surface area (Å²) in [5.41, 5.74) is 0. The van der Waals surface area contributed by atoms with Crippen molar-refractivity contribution in [2.24, 2.45) is 0 Å². The quantitative estimate of drug-likeness (QED) is 0.492. The molecule has 0 aliphatic carbocycles. The van der Waals surface area contributed by atoms with Gasteiger partial charge in [-0.15, -0.1) is 0 Å². The molecule has 0 spiro atoms. The highest BCUT2D eigenvalue weighted by atomic mass is 79.9. The first kappa shape index (κ1) is 12.5. The van der Waals surface area contributed by atoms with Crippen molar-refractivity contribution in [1.82, 2.24) is 0 Å². The van der Waals surface area contributed by atoms with Gasteiger partial charge in [-0.3, -0.25) is 0 Å². The molecule has 1 nitrogen and oxygen atoms in total. The zero-order chi connectivity index (χ0) is 10.2. The smallest absolute Gasteiger partial charge is 0.0576 e. The van der Waals surface area contributed by atoms with E-state index in [1.54, 1.807) is 0 Å². The summed E-state index contributed by atoms with van der Waals surface area (Å²) in [4.78, 5) is 0.747. The molecule has 2 unspecified atom stereocenters. The maximum atomic E-state index is 5.60. The van der Waals surface area contributed by atoms with E-state index in [-0.39, 0.29) is 0 Å². The molecule has 84 valence electrons. The van der Waals surface area contributed by atoms with Crippen LogP contribution in [0.4, 0.5) is 0 Å². The molecule has 0 amide bonds. The highest BCUT2D eigenvalue weighted by Crippen LogP contribution is 2.20. The number of unbranched alkanes of at least 4 members (excludes halogenated alkanes) is 1. The van der Waals surface area contributed by atoms with Crippen LogP contribution >= 0.6 is 15.9 Å². The van der Waals surface area contributed by atoms with E-state index in [1.807, 2.05) is 0 Å². The normalized spacial score (nSPS) is 24.0. The first-order chi connectivity index (χ1) is 6.83. The average Bonchev–Trinajstić information content (AvgIpc) is 2.65. The Morgan fingerprint density at radius 1 is 1.36 bits per heavy atom. The Morgan fingerprint density at radius 3 is 2.86 bits per heavy atom. The molecular formula is C12H23BrO. The summed E-state index contributed by atoms with van der Waals surface area (Å²) in [5, 5.41) is 0. The van der Waals surface area contributed by atoms with Gasteiger partial charge < -0.3 is 4.74 Å². The van der Waals surface area contributed by atoms with Crippen LogP contribution in [0.1, 0.15) is 58.3 Å². The summed E-state index contributed by atoms with van der Waals surface area (Å²) in [6.07, 6.45) is 11.1. The fourth-order valence-corrected chi connectivity index (χ4v) is 2.85. The number of alkyl halides is 1. The van der Waals surface area contributed by atoms with Crippen molar-refractivity contribution in [1.29, 1.82) is 0 Å². The SMILES string of the molecule is CCCC(Br)CCCCC1CCCO1. The van der Waals surface area contributed by atoms with Gasteiger partial charge in [-0.2, -0.15) is 0 Å². The molecule has 0 aromatic rings. The molecule has 0 aromatic carbocycles. The fourth-order valence-electron chi connectivity index (χ4n) is 2.07. The maximum absolute atomic E-state index is 5.60. The minimum atomic E-state index is 0.593. The van der Waals surface area contributed by atoms with Crippen molar-refractivity contribution in [3.8, 4) is 0 Å². The maximum Gasteiger partial charge on any atom is 0.0576 e. The van der Waals surface area contributed by atoms with Gasteiger partial charge in [0.15, 0.2) is 0 Å². The lowest BCUT2D eigenvalue weighted by atomic mass is 10.1. The Balaban J connectivity index is 1.88. The predicted octanol–water partition coefficient (Wildman–Crippen LogP) is 4.29. The lowest BCUT2D eigenvalue weighted by molar-refractivity contribution is 0.102. The minimum absolute atomic E-state index is 0.593. The summed E-state index contributed by atoms with van der Waals surface area (Å²) in [6.45, 7) is 3.25. The molecule has 1 aliphatic heterocycles. The van der Waals surface area contributed by atoms with E-state index in [2.05, 4.69) is 22.9 Å². The van der Waals surface area contributed by atoms with E-state index in [4.69, 9.17) is 4.74 Å². The second-order valence-electron chi connectivity index (χ2n) is 4.31. The zero-order valence-electron chi connectivity index (χ0n) is 9.30. The molecule has 0 radical (unpaired) electrons. The molecule has 2 atom stereocenters. The molecule has 1 heterocycles. The summed E-state index contributed by atoms with van der Waals surface area (Å²) in [5.74, 6) is 0. The first-order valence-electron chi connectivity index (χ1n) is 6.08. The minimum Gasteiger partial charge on any atom is -0.378 e. The van der Waals surface area contributed by atoms with E-state index < -0.39 is 0 Å². The standard InChI is InChI=1S/C12H23BrO/c1-2-6-11(13)7-3-4-8-12-9-5-10-14-12/h11-12H,2-10H2,1H3. The fraction of sp³-hybridized carbons (Fsp3) is 1.00. The van der Waals surface area contributed by atoms with E-state index in [0.29, 0.717) is 6.10 Å². The Bertz CT molecular complexity index is 132. The van der Waals surface area contributed by atoms with Crippen LogP contribution in [0.3, 0.4) is 0 Å². The summed E-state index contributed by atoms with van der Waals surface area (Å²) in [6, 6.07) is 0. The van der Waals surface area contributed by atoms with Gasteiger partial charge >= 0.3 is 0 Å². The second-order valence-corrected chi connectivity index (χ2v) is 5.60. The van der Waals surface area contributed by atoms with Crippen LogP contribution in [-0.2, 0) is 4.74 Å². The Labute approximate surface area is 96.7 Å². The number of ether oxygens (including phenoxy) is 1. The van der Waals surface area contributed by atoms with Crippen molar-refractivity contribution >= 4 is 15.9 Å². The predicted molar refractivity (Wildman–Crippen MR) is 65.1 cm³/mol. The molecule has 0 saturated carbocycles. The zero-order valence-corrected chi connectivity index (χ0v) is 10.9. The third-order valence-electron chi connectivity index (χ3n) is 2.92. The number of rotatable bonds is 7. The van der Waals surface area contributed by atoms with E-state index in [0.717, 1.165) is 11.4 Å². The first-order valence-corrected chi connectivity index (χ1v) is 7.00. The molecule has 1 saturated heterocycles. The average molecular weight is 263 g/mol. The van der Waals surface area contributed by atoms with E-state index in [1.165, 1.54) is 51.4 Å². The van der Waals surface area contributed by atoms with E-state index in [9.17, 15) is 0 Å². The largest absolute Gasteiger partial charge is 0.378 e. The van der Waals surface area contributed by atoms with Gasteiger partial charge in [-0.25, -0.2) is 0 Å². The topological polar surface area (TPSA) is 9.23 Å². The van der Waals surface area contributed by atoms with Crippen LogP contribution in [0.2, 0.25) is 0 Å². The summed E-state index contributed by atoms with van der Waals surface area (Å²) < 4.78 is 5.60. The lowest BCUT2D eigenvalue weighted by Gasteiger charge is -2.10. The van der Waals surface area contributed by atoms with Gasteiger partial charge in [0.2, 0.25) is 0 Å². The van der Waals surface area contributed by atoms with Crippen LogP contribution in [0.25, 0.3) is 0 Å². The molecule has 1 fully saturated rings. The van der Waals surface area contributed by atoms with Crippen LogP contribution in [0, 0.1) is 0 Å².